The maximum atomic E-state index is 12.2. The number of nitrogens with one attached hydrogen (secondary N) is 2. The van der Waals surface area contributed by atoms with Gasteiger partial charge in [0.1, 0.15) is 5.58 Å². The normalized spacial score (nSPS) is 12.5. The van der Waals surface area contributed by atoms with Gasteiger partial charge in [0.05, 0.1) is 12.7 Å². The largest absolute Gasteiger partial charge is 0.464 e. The number of imide groups is 1. The van der Waals surface area contributed by atoms with Crippen molar-refractivity contribution < 1.29 is 23.5 Å². The topological polar surface area (TPSA) is 97.6 Å². The molecule has 1 aromatic heterocycles. The Labute approximate surface area is 158 Å². The van der Waals surface area contributed by atoms with Crippen molar-refractivity contribution in [1.82, 2.24) is 10.6 Å². The molecule has 2 aromatic rings. The van der Waals surface area contributed by atoms with E-state index in [1.807, 2.05) is 26.0 Å². The predicted octanol–water partition coefficient (Wildman–Crippen LogP) is 3.15. The van der Waals surface area contributed by atoms with Gasteiger partial charge in [0.25, 0.3) is 5.91 Å². The van der Waals surface area contributed by atoms with Crippen LogP contribution in [0.3, 0.4) is 0 Å². The Kier molecular flexibility index (Phi) is 5.93. The number of esters is 1. The zero-order chi connectivity index (χ0) is 20.4. The summed E-state index contributed by atoms with van der Waals surface area (Å²) in [5, 5.41) is 5.60. The molecule has 27 heavy (non-hydrogen) atoms. The molecule has 0 aliphatic heterocycles. The van der Waals surface area contributed by atoms with Crippen LogP contribution in [0.1, 0.15) is 44.4 Å². The number of amides is 3. The summed E-state index contributed by atoms with van der Waals surface area (Å²) in [7, 11) is 0. The fourth-order valence-corrected chi connectivity index (χ4v) is 2.51. The fraction of sp³-hybridized carbons (Fsp3) is 0.450. The molecule has 7 nitrogen and oxygen atoms in total. The van der Waals surface area contributed by atoms with Crippen molar-refractivity contribution >= 4 is 28.9 Å². The number of benzene rings is 1. The summed E-state index contributed by atoms with van der Waals surface area (Å²) >= 11 is 0. The highest BCUT2D eigenvalue weighted by Gasteiger charge is 2.23. The van der Waals surface area contributed by atoms with Crippen LogP contribution < -0.4 is 10.6 Å². The first-order chi connectivity index (χ1) is 12.5. The first kappa shape index (κ1) is 20.5. The lowest BCUT2D eigenvalue weighted by molar-refractivity contribution is -0.153. The second kappa shape index (κ2) is 7.82. The number of fused-ring (bicyclic) bond motifs is 1. The number of ether oxygens (including phenoxy) is 1. The molecule has 2 N–H and O–H groups in total. The lowest BCUT2D eigenvalue weighted by Crippen LogP contribution is -2.50. The third kappa shape index (κ3) is 5.57. The summed E-state index contributed by atoms with van der Waals surface area (Å²) in [6, 6.07) is 3.25. The molecule has 1 atom stereocenters. The molecule has 0 radical (unpaired) electrons. The highest BCUT2D eigenvalue weighted by atomic mass is 16.5. The van der Waals surface area contributed by atoms with Crippen molar-refractivity contribution in [3.05, 3.63) is 35.1 Å². The van der Waals surface area contributed by atoms with Crippen LogP contribution in [0.5, 0.6) is 0 Å². The molecule has 1 heterocycles. The smallest absolute Gasteiger partial charge is 0.321 e. The molecule has 0 aliphatic carbocycles. The standard InChI is InChI=1S/C20H26N2O5/c1-11-7-15-14(10-26-16(15)8-12(11)2)9-17(23)27-13(3)18(24)21-19(25)22-20(4,5)6/h7-8,10,13H,9H2,1-6H3,(H2,21,22,24,25)/t13-/m0/s1. The van der Waals surface area contributed by atoms with Crippen LogP contribution in [0.15, 0.2) is 22.8 Å². The van der Waals surface area contributed by atoms with E-state index in [1.165, 1.54) is 13.2 Å². The minimum Gasteiger partial charge on any atom is -0.464 e. The van der Waals surface area contributed by atoms with Gasteiger partial charge in [0.15, 0.2) is 6.10 Å². The van der Waals surface area contributed by atoms with E-state index in [0.717, 1.165) is 16.5 Å². The van der Waals surface area contributed by atoms with Gasteiger partial charge in [-0.2, -0.15) is 0 Å². The number of rotatable bonds is 4. The van der Waals surface area contributed by atoms with Crippen LogP contribution in [0, 0.1) is 13.8 Å². The number of hydrogen-bond donors (Lipinski definition) is 2. The van der Waals surface area contributed by atoms with Gasteiger partial charge in [-0.05, 0) is 64.8 Å². The second-order valence-corrected chi connectivity index (χ2v) is 7.70. The molecule has 0 saturated heterocycles. The Morgan fingerprint density at radius 3 is 2.41 bits per heavy atom. The number of urea groups is 1. The van der Waals surface area contributed by atoms with Gasteiger partial charge in [0.2, 0.25) is 0 Å². The molecule has 7 heteroatoms. The third-order valence-electron chi connectivity index (χ3n) is 4.01. The minimum absolute atomic E-state index is 0.0265. The van der Waals surface area contributed by atoms with Gasteiger partial charge in [-0.1, -0.05) is 0 Å². The minimum atomic E-state index is -1.09. The van der Waals surface area contributed by atoms with E-state index >= 15 is 0 Å². The van der Waals surface area contributed by atoms with Gasteiger partial charge in [-0.15, -0.1) is 0 Å². The van der Waals surface area contributed by atoms with Crippen LogP contribution in [-0.2, 0) is 20.7 Å². The number of furan rings is 1. The molecule has 0 fully saturated rings. The van der Waals surface area contributed by atoms with Crippen LogP contribution >= 0.6 is 0 Å². The summed E-state index contributed by atoms with van der Waals surface area (Å²) in [5.74, 6) is -1.26. The van der Waals surface area contributed by atoms with Crippen LogP contribution in [0.25, 0.3) is 11.0 Å². The highest BCUT2D eigenvalue weighted by molar-refractivity contribution is 5.97. The summed E-state index contributed by atoms with van der Waals surface area (Å²) in [6.45, 7) is 10.8. The van der Waals surface area contributed by atoms with Crippen LogP contribution in [0.4, 0.5) is 4.79 Å². The van der Waals surface area contributed by atoms with Gasteiger partial charge in [-0.25, -0.2) is 4.79 Å². The van der Waals surface area contributed by atoms with Crippen molar-refractivity contribution in [2.75, 3.05) is 0 Å². The SMILES string of the molecule is Cc1cc2occ(CC(=O)O[C@@H](C)C(=O)NC(=O)NC(C)(C)C)c2cc1C. The number of carbonyl (C=O) groups excluding carboxylic acids is 3. The Morgan fingerprint density at radius 2 is 1.78 bits per heavy atom. The average molecular weight is 374 g/mol. The lowest BCUT2D eigenvalue weighted by Gasteiger charge is -2.21. The Bertz CT molecular complexity index is 876. The first-order valence-corrected chi connectivity index (χ1v) is 8.76. The summed E-state index contributed by atoms with van der Waals surface area (Å²) in [6.07, 6.45) is 0.401. The van der Waals surface area contributed by atoms with Gasteiger partial charge >= 0.3 is 12.0 Å². The molecule has 146 valence electrons. The van der Waals surface area contributed by atoms with E-state index in [9.17, 15) is 14.4 Å². The summed E-state index contributed by atoms with van der Waals surface area (Å²) in [5.41, 5.74) is 3.10. The molecule has 1 aromatic carbocycles. The van der Waals surface area contributed by atoms with E-state index in [1.54, 1.807) is 20.8 Å². The number of carbonyl (C=O) groups is 3. The van der Waals surface area contributed by atoms with E-state index in [2.05, 4.69) is 10.6 Å². The third-order valence-corrected chi connectivity index (χ3v) is 4.01. The van der Waals surface area contributed by atoms with Crippen molar-refractivity contribution in [1.29, 1.82) is 0 Å². The maximum absolute atomic E-state index is 12.2. The number of aryl methyl sites for hydroxylation is 2. The zero-order valence-electron chi connectivity index (χ0n) is 16.6. The highest BCUT2D eigenvalue weighted by Crippen LogP contribution is 2.25. The molecule has 0 saturated carbocycles. The quantitative estimate of drug-likeness (QED) is 0.801. The molecule has 0 spiro atoms. The van der Waals surface area contributed by atoms with E-state index in [4.69, 9.17) is 9.15 Å². The first-order valence-electron chi connectivity index (χ1n) is 8.76. The van der Waals surface area contributed by atoms with Crippen LogP contribution in [-0.4, -0.2) is 29.6 Å². The molecule has 0 bridgehead atoms. The van der Waals surface area contributed by atoms with Gasteiger partial charge in [0, 0.05) is 16.5 Å². The maximum Gasteiger partial charge on any atom is 0.321 e. The molecular formula is C20H26N2O5. The molecule has 2 rings (SSSR count). The Hall–Kier alpha value is -2.83. The Balaban J connectivity index is 1.96. The fourth-order valence-electron chi connectivity index (χ4n) is 2.51. The lowest BCUT2D eigenvalue weighted by atomic mass is 10.0. The summed E-state index contributed by atoms with van der Waals surface area (Å²) < 4.78 is 10.6. The van der Waals surface area contributed by atoms with E-state index in [0.29, 0.717) is 11.1 Å². The van der Waals surface area contributed by atoms with Crippen molar-refractivity contribution in [3.63, 3.8) is 0 Å². The molecule has 0 aliphatic rings. The predicted molar refractivity (Wildman–Crippen MR) is 101 cm³/mol. The second-order valence-electron chi connectivity index (χ2n) is 7.70. The van der Waals surface area contributed by atoms with Crippen LogP contribution in [0.2, 0.25) is 0 Å². The van der Waals surface area contributed by atoms with E-state index < -0.39 is 29.6 Å². The monoisotopic (exact) mass is 374 g/mol. The summed E-state index contributed by atoms with van der Waals surface area (Å²) in [4.78, 5) is 35.9. The Morgan fingerprint density at radius 1 is 1.15 bits per heavy atom. The number of hydrogen-bond acceptors (Lipinski definition) is 5. The van der Waals surface area contributed by atoms with Gasteiger partial charge < -0.3 is 14.5 Å². The molecule has 0 unspecified atom stereocenters. The van der Waals surface area contributed by atoms with Crippen molar-refractivity contribution in [2.24, 2.45) is 0 Å². The molecular weight excluding hydrogens is 348 g/mol. The van der Waals surface area contributed by atoms with Gasteiger partial charge in [-0.3, -0.25) is 14.9 Å². The van der Waals surface area contributed by atoms with Crippen molar-refractivity contribution in [3.8, 4) is 0 Å². The van der Waals surface area contributed by atoms with E-state index in [-0.39, 0.29) is 6.42 Å². The average Bonchev–Trinajstić information content (AvgIpc) is 2.87. The zero-order valence-corrected chi connectivity index (χ0v) is 16.6. The molecule has 3 amide bonds. The van der Waals surface area contributed by atoms with Crippen molar-refractivity contribution in [2.45, 2.75) is 59.6 Å².